The fraction of sp³-hybridized carbons (Fsp3) is 0.929. The van der Waals surface area contributed by atoms with Gasteiger partial charge in [0.05, 0.1) is 7.11 Å². The first-order valence-electron chi connectivity index (χ1n) is 7.32. The normalized spacial score (nSPS) is 18.6. The van der Waals surface area contributed by atoms with Crippen molar-refractivity contribution in [3.05, 3.63) is 0 Å². The number of carbonyl (C=O) groups excluding carboxylic acids is 1. The molecule has 0 spiro atoms. The van der Waals surface area contributed by atoms with Crippen LogP contribution >= 0.6 is 0 Å². The van der Waals surface area contributed by atoms with E-state index in [4.69, 9.17) is 4.74 Å². The molecular weight excluding hydrogens is 228 g/mol. The van der Waals surface area contributed by atoms with Crippen molar-refractivity contribution in [2.45, 2.75) is 51.5 Å². The summed E-state index contributed by atoms with van der Waals surface area (Å²) in [7, 11) is 1.49. The second-order valence-electron chi connectivity index (χ2n) is 5.03. The number of unbranched alkanes of at least 4 members (excludes halogenated alkanes) is 4. The summed E-state index contributed by atoms with van der Waals surface area (Å²) in [6.45, 7) is 6.08. The van der Waals surface area contributed by atoms with E-state index in [1.807, 2.05) is 0 Å². The molecule has 0 aromatic rings. The number of hydrogen-bond acceptors (Lipinski definition) is 4. The molecule has 0 saturated carbocycles. The highest BCUT2D eigenvalue weighted by Gasteiger charge is 2.27. The van der Waals surface area contributed by atoms with Crippen molar-refractivity contribution in [3.8, 4) is 0 Å². The molecule has 0 amide bonds. The minimum atomic E-state index is -0.0626. The molecule has 1 rings (SSSR count). The van der Waals surface area contributed by atoms with Gasteiger partial charge in [-0.3, -0.25) is 9.69 Å². The second kappa shape index (κ2) is 9.34. The minimum absolute atomic E-state index is 0.0290. The summed E-state index contributed by atoms with van der Waals surface area (Å²) in [5.74, 6) is -0.0626. The van der Waals surface area contributed by atoms with E-state index >= 15 is 0 Å². The first-order valence-corrected chi connectivity index (χ1v) is 7.32. The summed E-state index contributed by atoms with van der Waals surface area (Å²) in [6, 6.07) is -0.0290. The zero-order valence-corrected chi connectivity index (χ0v) is 11.9. The third-order valence-electron chi connectivity index (χ3n) is 3.65. The van der Waals surface area contributed by atoms with Gasteiger partial charge in [-0.05, 0) is 6.42 Å². The average molecular weight is 256 g/mol. The van der Waals surface area contributed by atoms with E-state index in [0.717, 1.165) is 39.0 Å². The molecule has 4 nitrogen and oxygen atoms in total. The predicted molar refractivity (Wildman–Crippen MR) is 73.6 cm³/mol. The zero-order chi connectivity index (χ0) is 13.2. The van der Waals surface area contributed by atoms with Crippen molar-refractivity contribution in [1.29, 1.82) is 0 Å². The maximum atomic E-state index is 11.8. The number of methoxy groups -OCH3 is 1. The summed E-state index contributed by atoms with van der Waals surface area (Å²) in [4.78, 5) is 14.1. The van der Waals surface area contributed by atoms with E-state index in [-0.39, 0.29) is 12.0 Å². The molecule has 18 heavy (non-hydrogen) atoms. The first kappa shape index (κ1) is 15.4. The molecule has 1 N–H and O–H groups in total. The lowest BCUT2D eigenvalue weighted by molar-refractivity contribution is -0.147. The third kappa shape index (κ3) is 5.36. The Labute approximate surface area is 111 Å². The second-order valence-corrected chi connectivity index (χ2v) is 5.03. The maximum Gasteiger partial charge on any atom is 0.323 e. The summed E-state index contributed by atoms with van der Waals surface area (Å²) in [6.07, 6.45) is 7.15. The van der Waals surface area contributed by atoms with Gasteiger partial charge in [0.15, 0.2) is 0 Å². The Balaban J connectivity index is 2.33. The van der Waals surface area contributed by atoms with Gasteiger partial charge in [0, 0.05) is 26.2 Å². The molecule has 1 aliphatic heterocycles. The van der Waals surface area contributed by atoms with E-state index in [1.54, 1.807) is 0 Å². The predicted octanol–water partition coefficient (Wildman–Crippen LogP) is 1.79. The van der Waals surface area contributed by atoms with Gasteiger partial charge in [0.1, 0.15) is 6.04 Å². The van der Waals surface area contributed by atoms with Gasteiger partial charge in [-0.15, -0.1) is 0 Å². The molecule has 1 heterocycles. The van der Waals surface area contributed by atoms with Crippen LogP contribution in [-0.2, 0) is 9.53 Å². The molecule has 106 valence electrons. The molecule has 1 aliphatic rings. The quantitative estimate of drug-likeness (QED) is 0.531. The van der Waals surface area contributed by atoms with E-state index in [9.17, 15) is 4.79 Å². The highest BCUT2D eigenvalue weighted by molar-refractivity contribution is 5.75. The number of hydrogen-bond donors (Lipinski definition) is 1. The fourth-order valence-electron chi connectivity index (χ4n) is 2.52. The van der Waals surface area contributed by atoms with Crippen molar-refractivity contribution < 1.29 is 9.53 Å². The summed E-state index contributed by atoms with van der Waals surface area (Å²) in [5, 5.41) is 3.32. The number of piperazine rings is 1. The summed E-state index contributed by atoms with van der Waals surface area (Å²) in [5.41, 5.74) is 0. The molecule has 1 fully saturated rings. The van der Waals surface area contributed by atoms with Crippen molar-refractivity contribution in [1.82, 2.24) is 10.2 Å². The smallest absolute Gasteiger partial charge is 0.323 e. The number of ether oxygens (including phenoxy) is 1. The van der Waals surface area contributed by atoms with Crippen molar-refractivity contribution in [2.75, 3.05) is 33.3 Å². The molecule has 0 bridgehead atoms. The minimum Gasteiger partial charge on any atom is -0.468 e. The van der Waals surface area contributed by atoms with Gasteiger partial charge >= 0.3 is 5.97 Å². The van der Waals surface area contributed by atoms with Crippen molar-refractivity contribution in [2.24, 2.45) is 0 Å². The standard InChI is InChI=1S/C14H28N2O2/c1-3-4-5-6-7-8-13(14(17)18-2)16-11-9-15-10-12-16/h13,15H,3-12H2,1-2H3. The third-order valence-corrected chi connectivity index (χ3v) is 3.65. The van der Waals surface area contributed by atoms with E-state index < -0.39 is 0 Å². The lowest BCUT2D eigenvalue weighted by Crippen LogP contribution is -2.51. The Morgan fingerprint density at radius 3 is 2.50 bits per heavy atom. The molecule has 4 heteroatoms. The van der Waals surface area contributed by atoms with Crippen LogP contribution in [0.5, 0.6) is 0 Å². The van der Waals surface area contributed by atoms with Crippen LogP contribution in [-0.4, -0.2) is 50.2 Å². The van der Waals surface area contributed by atoms with E-state index in [2.05, 4.69) is 17.1 Å². The number of carbonyl (C=O) groups is 1. The average Bonchev–Trinajstić information content (AvgIpc) is 2.43. The highest BCUT2D eigenvalue weighted by atomic mass is 16.5. The van der Waals surface area contributed by atoms with Crippen molar-refractivity contribution in [3.63, 3.8) is 0 Å². The Bertz CT molecular complexity index is 228. The van der Waals surface area contributed by atoms with Gasteiger partial charge in [-0.25, -0.2) is 0 Å². The number of rotatable bonds is 8. The van der Waals surface area contributed by atoms with Crippen LogP contribution in [0.1, 0.15) is 45.4 Å². The first-order chi connectivity index (χ1) is 8.79. The lowest BCUT2D eigenvalue weighted by atomic mass is 10.0. The molecular formula is C14H28N2O2. The van der Waals surface area contributed by atoms with Gasteiger partial charge < -0.3 is 10.1 Å². The Morgan fingerprint density at radius 1 is 1.22 bits per heavy atom. The molecule has 1 unspecified atom stereocenters. The maximum absolute atomic E-state index is 11.8. The SMILES string of the molecule is CCCCCCCC(C(=O)OC)N1CCNCC1. The summed E-state index contributed by atoms with van der Waals surface area (Å²) >= 11 is 0. The van der Waals surface area contributed by atoms with Crippen LogP contribution in [0.4, 0.5) is 0 Å². The van der Waals surface area contributed by atoms with Gasteiger partial charge in [0.2, 0.25) is 0 Å². The lowest BCUT2D eigenvalue weighted by Gasteiger charge is -2.33. The molecule has 1 atom stereocenters. The van der Waals surface area contributed by atoms with Crippen LogP contribution in [0.25, 0.3) is 0 Å². The van der Waals surface area contributed by atoms with E-state index in [1.165, 1.54) is 32.8 Å². The van der Waals surface area contributed by atoms with Crippen LogP contribution in [0, 0.1) is 0 Å². The summed E-state index contributed by atoms with van der Waals surface area (Å²) < 4.78 is 4.94. The molecule has 1 saturated heterocycles. The van der Waals surface area contributed by atoms with Gasteiger partial charge in [-0.2, -0.15) is 0 Å². The Hall–Kier alpha value is -0.610. The molecule has 0 aromatic carbocycles. The molecule has 0 radical (unpaired) electrons. The number of nitrogens with zero attached hydrogens (tertiary/aromatic N) is 1. The van der Waals surface area contributed by atoms with E-state index in [0.29, 0.717) is 0 Å². The zero-order valence-electron chi connectivity index (χ0n) is 11.9. The topological polar surface area (TPSA) is 41.6 Å². The highest BCUT2D eigenvalue weighted by Crippen LogP contribution is 2.13. The largest absolute Gasteiger partial charge is 0.468 e. The number of nitrogens with one attached hydrogen (secondary N) is 1. The van der Waals surface area contributed by atoms with Crippen LogP contribution in [0.3, 0.4) is 0 Å². The Kier molecular flexibility index (Phi) is 8.01. The van der Waals surface area contributed by atoms with Crippen LogP contribution in [0.15, 0.2) is 0 Å². The van der Waals surface area contributed by atoms with Crippen LogP contribution < -0.4 is 5.32 Å². The van der Waals surface area contributed by atoms with Crippen LogP contribution in [0.2, 0.25) is 0 Å². The Morgan fingerprint density at radius 2 is 1.89 bits per heavy atom. The van der Waals surface area contributed by atoms with Gasteiger partial charge in [0.25, 0.3) is 0 Å². The van der Waals surface area contributed by atoms with Gasteiger partial charge in [-0.1, -0.05) is 39.0 Å². The molecule has 0 aromatic heterocycles. The number of esters is 1. The van der Waals surface area contributed by atoms with Crippen molar-refractivity contribution >= 4 is 5.97 Å². The fourth-order valence-corrected chi connectivity index (χ4v) is 2.52. The molecule has 0 aliphatic carbocycles. The monoisotopic (exact) mass is 256 g/mol.